The van der Waals surface area contributed by atoms with Crippen molar-refractivity contribution in [2.24, 2.45) is 0 Å². The number of hydrogen-bond acceptors (Lipinski definition) is 3. The molecule has 0 saturated heterocycles. The van der Waals surface area contributed by atoms with E-state index in [-0.39, 0.29) is 11.5 Å². The molecule has 0 heterocycles. The van der Waals surface area contributed by atoms with Crippen LogP contribution in [0.4, 0.5) is 0 Å². The molecule has 0 aliphatic rings. The van der Waals surface area contributed by atoms with E-state index < -0.39 is 5.41 Å². The van der Waals surface area contributed by atoms with Crippen molar-refractivity contribution in [2.75, 3.05) is 0 Å². The minimum atomic E-state index is -0.402. The van der Waals surface area contributed by atoms with Gasteiger partial charge in [0.2, 0.25) is 0 Å². The minimum Gasteiger partial charge on any atom is -0.508 e. The lowest BCUT2D eigenvalue weighted by Crippen LogP contribution is -2.13. The maximum Gasteiger partial charge on any atom is 0.123 e. The van der Waals surface area contributed by atoms with E-state index in [1.165, 1.54) is 33.9 Å². The zero-order valence-electron chi connectivity index (χ0n) is 24.8. The fourth-order valence-electron chi connectivity index (χ4n) is 4.59. The number of benzene rings is 2. The summed E-state index contributed by atoms with van der Waals surface area (Å²) in [5.41, 5.74) is 9.33. The lowest BCUT2D eigenvalue weighted by molar-refractivity contribution is 0.433. The molecule has 0 unspecified atom stereocenters. The number of allylic oxidation sites excluding steroid dienone is 7. The largest absolute Gasteiger partial charge is 0.508 e. The summed E-state index contributed by atoms with van der Waals surface area (Å²) in [6.07, 6.45) is 12.9. The highest BCUT2D eigenvalue weighted by Gasteiger charge is 2.22. The lowest BCUT2D eigenvalue weighted by atomic mass is 9.82. The van der Waals surface area contributed by atoms with E-state index in [1.54, 1.807) is 0 Å². The Morgan fingerprint density at radius 2 is 1.21 bits per heavy atom. The average Bonchev–Trinajstić information content (AvgIpc) is 2.82. The molecule has 0 fully saturated rings. The first-order valence-corrected chi connectivity index (χ1v) is 13.7. The van der Waals surface area contributed by atoms with Gasteiger partial charge < -0.3 is 15.3 Å². The first-order chi connectivity index (χ1) is 17.8. The Bertz CT molecular complexity index is 1230. The molecular formula is C35H48O3. The van der Waals surface area contributed by atoms with Crippen molar-refractivity contribution in [3.05, 3.63) is 99.2 Å². The highest BCUT2D eigenvalue weighted by atomic mass is 16.3. The Labute approximate surface area is 231 Å². The first kappa shape index (κ1) is 31.0. The normalized spacial score (nSPS) is 11.2. The lowest BCUT2D eigenvalue weighted by Gasteiger charge is -2.23. The molecule has 3 N–H and O–H groups in total. The van der Waals surface area contributed by atoms with Crippen molar-refractivity contribution in [1.82, 2.24) is 0 Å². The molecule has 0 aliphatic carbocycles. The second-order valence-corrected chi connectivity index (χ2v) is 11.7. The van der Waals surface area contributed by atoms with Crippen LogP contribution in [-0.4, -0.2) is 15.3 Å². The van der Waals surface area contributed by atoms with Crippen LogP contribution in [-0.2, 0) is 37.5 Å². The monoisotopic (exact) mass is 516 g/mol. The molecule has 3 nitrogen and oxygen atoms in total. The maximum absolute atomic E-state index is 11.3. The van der Waals surface area contributed by atoms with Crippen LogP contribution < -0.4 is 0 Å². The number of phenols is 3. The standard InChI is InChI=1S/C35H48O3/c1-10-35(8,9)31-21-27(32(36)22-33(31)37)13-11-12-26-20-28(17-14-23(2)3)34(38)30(19-16-25(6)7)29(26)18-15-24(4)5/h10,14-16,20-22,36-38H,1,11-13,17-19H2,2-9H3. The summed E-state index contributed by atoms with van der Waals surface area (Å²) < 4.78 is 0. The zero-order chi connectivity index (χ0) is 28.6. The molecule has 0 aromatic heterocycles. The molecule has 206 valence electrons. The maximum atomic E-state index is 11.3. The van der Waals surface area contributed by atoms with Crippen molar-refractivity contribution in [3.8, 4) is 17.2 Å². The fraction of sp³-hybridized carbons (Fsp3) is 0.429. The molecule has 0 spiro atoms. The van der Waals surface area contributed by atoms with Crippen LogP contribution in [0.3, 0.4) is 0 Å². The quantitative estimate of drug-likeness (QED) is 0.247. The Morgan fingerprint density at radius 1 is 0.684 bits per heavy atom. The topological polar surface area (TPSA) is 60.7 Å². The van der Waals surface area contributed by atoms with E-state index in [1.807, 2.05) is 26.0 Å². The van der Waals surface area contributed by atoms with Crippen molar-refractivity contribution < 1.29 is 15.3 Å². The second-order valence-electron chi connectivity index (χ2n) is 11.7. The third kappa shape index (κ3) is 8.41. The number of phenolic OH excluding ortho intramolecular Hbond substituents is 3. The molecule has 0 aliphatic heterocycles. The number of aryl methyl sites for hydroxylation is 2. The SMILES string of the molecule is C=CC(C)(C)c1cc(CCCc2cc(CC=C(C)C)c(O)c(CC=C(C)C)c2CC=C(C)C)c(O)cc1O. The molecule has 0 atom stereocenters. The van der Waals surface area contributed by atoms with E-state index in [9.17, 15) is 15.3 Å². The van der Waals surface area contributed by atoms with Gasteiger partial charge in [-0.2, -0.15) is 0 Å². The Kier molecular flexibility index (Phi) is 11.1. The van der Waals surface area contributed by atoms with Gasteiger partial charge in [-0.1, -0.05) is 60.9 Å². The highest BCUT2D eigenvalue weighted by molar-refractivity contribution is 5.53. The first-order valence-electron chi connectivity index (χ1n) is 13.7. The smallest absolute Gasteiger partial charge is 0.123 e. The highest BCUT2D eigenvalue weighted by Crippen LogP contribution is 2.37. The predicted octanol–water partition coefficient (Wildman–Crippen LogP) is 8.97. The van der Waals surface area contributed by atoms with Gasteiger partial charge >= 0.3 is 0 Å². The molecule has 0 amide bonds. The number of rotatable bonds is 12. The fourth-order valence-corrected chi connectivity index (χ4v) is 4.59. The summed E-state index contributed by atoms with van der Waals surface area (Å²) in [7, 11) is 0. The molecule has 38 heavy (non-hydrogen) atoms. The van der Waals surface area contributed by atoms with E-state index >= 15 is 0 Å². The molecule has 2 aromatic carbocycles. The van der Waals surface area contributed by atoms with Crippen molar-refractivity contribution >= 4 is 0 Å². The van der Waals surface area contributed by atoms with Gasteiger partial charge in [0.1, 0.15) is 17.2 Å². The second kappa shape index (κ2) is 13.6. The van der Waals surface area contributed by atoms with Crippen LogP contribution in [0.5, 0.6) is 17.2 Å². The van der Waals surface area contributed by atoms with Crippen LogP contribution in [0.1, 0.15) is 95.2 Å². The van der Waals surface area contributed by atoms with Gasteiger partial charge in [-0.15, -0.1) is 6.58 Å². The molecule has 2 aromatic rings. The third-order valence-corrected chi connectivity index (χ3v) is 7.14. The summed E-state index contributed by atoms with van der Waals surface area (Å²) in [4.78, 5) is 0. The van der Waals surface area contributed by atoms with E-state index in [0.29, 0.717) is 25.0 Å². The van der Waals surface area contributed by atoms with Gasteiger partial charge in [0.05, 0.1) is 0 Å². The average molecular weight is 517 g/mol. The van der Waals surface area contributed by atoms with Gasteiger partial charge in [-0.3, -0.25) is 0 Å². The summed E-state index contributed by atoms with van der Waals surface area (Å²) in [5, 5.41) is 32.4. The van der Waals surface area contributed by atoms with Crippen LogP contribution in [0.2, 0.25) is 0 Å². The van der Waals surface area contributed by atoms with Gasteiger partial charge in [0.25, 0.3) is 0 Å². The number of aromatic hydroxyl groups is 3. The predicted molar refractivity (Wildman–Crippen MR) is 163 cm³/mol. The van der Waals surface area contributed by atoms with Gasteiger partial charge in [0, 0.05) is 22.6 Å². The molecule has 3 heteroatoms. The van der Waals surface area contributed by atoms with Crippen LogP contribution in [0.25, 0.3) is 0 Å². The summed E-state index contributed by atoms with van der Waals surface area (Å²) in [5.74, 6) is 0.620. The van der Waals surface area contributed by atoms with Crippen molar-refractivity contribution in [1.29, 1.82) is 0 Å². The minimum absolute atomic E-state index is 0.0894. The van der Waals surface area contributed by atoms with Crippen LogP contribution in [0, 0.1) is 0 Å². The molecule has 2 rings (SSSR count). The van der Waals surface area contributed by atoms with E-state index in [0.717, 1.165) is 41.5 Å². The molecule has 0 bridgehead atoms. The summed E-state index contributed by atoms with van der Waals surface area (Å²) in [6, 6.07) is 5.54. The molecule has 0 radical (unpaired) electrons. The Hall–Kier alpha value is -3.20. The Balaban J connectivity index is 2.51. The summed E-state index contributed by atoms with van der Waals surface area (Å²) >= 11 is 0. The van der Waals surface area contributed by atoms with Gasteiger partial charge in [-0.25, -0.2) is 0 Å². The number of hydrogen-bond donors (Lipinski definition) is 3. The van der Waals surface area contributed by atoms with Crippen LogP contribution in [0.15, 0.2) is 65.8 Å². The molecule has 0 saturated carbocycles. The van der Waals surface area contributed by atoms with Crippen molar-refractivity contribution in [2.45, 2.75) is 99.3 Å². The van der Waals surface area contributed by atoms with E-state index in [4.69, 9.17) is 0 Å². The summed E-state index contributed by atoms with van der Waals surface area (Å²) in [6.45, 7) is 20.5. The van der Waals surface area contributed by atoms with Crippen molar-refractivity contribution in [3.63, 3.8) is 0 Å². The van der Waals surface area contributed by atoms with Crippen LogP contribution >= 0.6 is 0 Å². The van der Waals surface area contributed by atoms with E-state index in [2.05, 4.69) is 72.4 Å². The molecular weight excluding hydrogens is 468 g/mol. The van der Waals surface area contributed by atoms with Gasteiger partial charge in [-0.05, 0) is 108 Å². The third-order valence-electron chi connectivity index (χ3n) is 7.14. The Morgan fingerprint density at radius 3 is 1.76 bits per heavy atom. The van der Waals surface area contributed by atoms with Gasteiger partial charge in [0.15, 0.2) is 0 Å². The zero-order valence-corrected chi connectivity index (χ0v) is 24.8.